The Bertz CT molecular complexity index is 464. The highest BCUT2D eigenvalue weighted by atomic mass is 127. The number of benzene rings is 1. The average Bonchev–Trinajstić information content (AvgIpc) is 2.26. The zero-order chi connectivity index (χ0) is 13.2. The summed E-state index contributed by atoms with van der Waals surface area (Å²) in [5.41, 5.74) is 0.206. The van der Waals surface area contributed by atoms with Crippen LogP contribution in [-0.4, -0.2) is 29.1 Å². The van der Waals surface area contributed by atoms with Crippen LogP contribution in [0.1, 0.15) is 6.92 Å². The number of likely N-dealkylation sites (N-methyl/N-ethyl adjacent to an activating group) is 1. The Morgan fingerprint density at radius 3 is 2.65 bits per heavy atom. The topological polar surface area (TPSA) is 83.7 Å². The highest BCUT2D eigenvalue weighted by molar-refractivity contribution is 14.1. The first-order chi connectivity index (χ1) is 7.84. The molecule has 0 fully saturated rings. The number of aliphatic carboxylic acids is 1. The van der Waals surface area contributed by atoms with Gasteiger partial charge in [0.15, 0.2) is 0 Å². The lowest BCUT2D eigenvalue weighted by Gasteiger charge is -2.23. The number of nitro benzene ring substituents is 1. The third-order valence-corrected chi connectivity index (χ3v) is 3.12. The largest absolute Gasteiger partial charge is 0.480 e. The Balaban J connectivity index is 3.21. The predicted molar refractivity (Wildman–Crippen MR) is 71.3 cm³/mol. The van der Waals surface area contributed by atoms with Gasteiger partial charge in [0.1, 0.15) is 11.7 Å². The molecule has 1 atom stereocenters. The number of carboxylic acid groups (broad SMARTS) is 1. The molecule has 0 saturated carbocycles. The molecule has 0 heterocycles. The normalized spacial score (nSPS) is 11.9. The quantitative estimate of drug-likeness (QED) is 0.511. The van der Waals surface area contributed by atoms with Crippen molar-refractivity contribution in [3.8, 4) is 0 Å². The lowest BCUT2D eigenvalue weighted by atomic mass is 10.2. The molecule has 7 heteroatoms. The van der Waals surface area contributed by atoms with Gasteiger partial charge in [0.25, 0.3) is 5.69 Å². The lowest BCUT2D eigenvalue weighted by Crippen LogP contribution is -2.36. The molecule has 0 bridgehead atoms. The Kier molecular flexibility index (Phi) is 4.27. The van der Waals surface area contributed by atoms with Crippen molar-refractivity contribution < 1.29 is 14.8 Å². The van der Waals surface area contributed by atoms with Gasteiger partial charge in [-0.1, -0.05) is 0 Å². The van der Waals surface area contributed by atoms with E-state index in [0.717, 1.165) is 3.57 Å². The van der Waals surface area contributed by atoms with Gasteiger partial charge in [0.2, 0.25) is 0 Å². The summed E-state index contributed by atoms with van der Waals surface area (Å²) in [6, 6.07) is 3.85. The monoisotopic (exact) mass is 350 g/mol. The molecule has 1 aromatic rings. The van der Waals surface area contributed by atoms with Crippen molar-refractivity contribution in [2.24, 2.45) is 0 Å². The maximum Gasteiger partial charge on any atom is 0.326 e. The van der Waals surface area contributed by atoms with E-state index in [1.165, 1.54) is 24.9 Å². The Hall–Kier alpha value is -1.38. The van der Waals surface area contributed by atoms with Crippen LogP contribution in [0.2, 0.25) is 0 Å². The Labute approximate surface area is 112 Å². The van der Waals surface area contributed by atoms with Crippen molar-refractivity contribution in [3.05, 3.63) is 31.9 Å². The van der Waals surface area contributed by atoms with Crippen LogP contribution >= 0.6 is 22.6 Å². The molecule has 0 aliphatic carbocycles. The molecule has 1 unspecified atom stereocenters. The van der Waals surface area contributed by atoms with Crippen LogP contribution in [-0.2, 0) is 4.79 Å². The van der Waals surface area contributed by atoms with Gasteiger partial charge in [-0.25, -0.2) is 4.79 Å². The third kappa shape index (κ3) is 3.05. The van der Waals surface area contributed by atoms with E-state index < -0.39 is 16.9 Å². The van der Waals surface area contributed by atoms with E-state index in [0.29, 0.717) is 5.69 Å². The van der Waals surface area contributed by atoms with Crippen LogP contribution in [0, 0.1) is 13.7 Å². The van der Waals surface area contributed by atoms with E-state index in [2.05, 4.69) is 0 Å². The van der Waals surface area contributed by atoms with Crippen LogP contribution in [0.4, 0.5) is 11.4 Å². The second kappa shape index (κ2) is 5.30. The van der Waals surface area contributed by atoms with Crippen molar-refractivity contribution in [1.29, 1.82) is 0 Å². The smallest absolute Gasteiger partial charge is 0.326 e. The molecule has 0 aliphatic rings. The summed E-state index contributed by atoms with van der Waals surface area (Å²) in [4.78, 5) is 22.6. The summed E-state index contributed by atoms with van der Waals surface area (Å²) in [5.74, 6) is -1.03. The molecule has 17 heavy (non-hydrogen) atoms. The van der Waals surface area contributed by atoms with Crippen LogP contribution in [0.5, 0.6) is 0 Å². The molecule has 1 aromatic carbocycles. The highest BCUT2D eigenvalue weighted by Crippen LogP contribution is 2.30. The van der Waals surface area contributed by atoms with Crippen molar-refractivity contribution in [2.45, 2.75) is 13.0 Å². The summed E-state index contributed by atoms with van der Waals surface area (Å²) in [5, 5.41) is 19.8. The molecule has 0 saturated heterocycles. The molecule has 1 rings (SSSR count). The first-order valence-electron chi connectivity index (χ1n) is 4.74. The zero-order valence-electron chi connectivity index (χ0n) is 9.25. The second-order valence-corrected chi connectivity index (χ2v) is 4.76. The average molecular weight is 350 g/mol. The van der Waals surface area contributed by atoms with Crippen molar-refractivity contribution in [2.75, 3.05) is 11.9 Å². The predicted octanol–water partition coefficient (Wildman–Crippen LogP) is 2.11. The van der Waals surface area contributed by atoms with Gasteiger partial charge in [-0.15, -0.1) is 0 Å². The van der Waals surface area contributed by atoms with E-state index in [1.807, 2.05) is 22.6 Å². The molecule has 0 amide bonds. The van der Waals surface area contributed by atoms with Crippen LogP contribution in [0.25, 0.3) is 0 Å². The Morgan fingerprint density at radius 1 is 1.59 bits per heavy atom. The van der Waals surface area contributed by atoms with E-state index in [4.69, 9.17) is 5.11 Å². The maximum absolute atomic E-state index is 10.9. The molecule has 1 N–H and O–H groups in total. The second-order valence-electron chi connectivity index (χ2n) is 3.52. The van der Waals surface area contributed by atoms with E-state index in [1.54, 1.807) is 12.1 Å². The fourth-order valence-corrected chi connectivity index (χ4v) is 1.79. The molecule has 6 nitrogen and oxygen atoms in total. The fraction of sp³-hybridized carbons (Fsp3) is 0.300. The first-order valence-corrected chi connectivity index (χ1v) is 5.82. The van der Waals surface area contributed by atoms with E-state index in [-0.39, 0.29) is 5.69 Å². The minimum absolute atomic E-state index is 0.0903. The number of hydrogen-bond acceptors (Lipinski definition) is 4. The third-order valence-electron chi connectivity index (χ3n) is 2.45. The zero-order valence-corrected chi connectivity index (χ0v) is 11.4. The van der Waals surface area contributed by atoms with Gasteiger partial charge in [0, 0.05) is 16.7 Å². The molecule has 0 spiro atoms. The number of halogens is 1. The van der Waals surface area contributed by atoms with Crippen LogP contribution in [0.3, 0.4) is 0 Å². The molecule has 0 aromatic heterocycles. The van der Waals surface area contributed by atoms with Gasteiger partial charge in [0.05, 0.1) is 4.92 Å². The minimum atomic E-state index is -1.03. The summed E-state index contributed by atoms with van der Waals surface area (Å²) >= 11 is 1.97. The van der Waals surface area contributed by atoms with Crippen molar-refractivity contribution >= 4 is 39.9 Å². The van der Waals surface area contributed by atoms with Gasteiger partial charge in [-0.2, -0.15) is 0 Å². The van der Waals surface area contributed by atoms with Crippen LogP contribution < -0.4 is 4.90 Å². The first kappa shape index (κ1) is 13.7. The van der Waals surface area contributed by atoms with Crippen molar-refractivity contribution in [1.82, 2.24) is 0 Å². The minimum Gasteiger partial charge on any atom is -0.480 e. The molecule has 0 aliphatic heterocycles. The molecule has 0 radical (unpaired) electrons. The SMILES string of the molecule is CC(C(=O)O)N(C)c1ccc(I)cc1[N+](=O)[O-]. The van der Waals surface area contributed by atoms with Gasteiger partial charge < -0.3 is 10.0 Å². The number of rotatable bonds is 4. The fourth-order valence-electron chi connectivity index (χ4n) is 1.32. The van der Waals surface area contributed by atoms with Gasteiger partial charge in [-0.05, 0) is 41.6 Å². The van der Waals surface area contributed by atoms with Crippen LogP contribution in [0.15, 0.2) is 18.2 Å². The van der Waals surface area contributed by atoms with E-state index >= 15 is 0 Å². The number of nitro groups is 1. The number of nitrogens with zero attached hydrogens (tertiary/aromatic N) is 2. The summed E-state index contributed by atoms with van der Waals surface area (Å²) in [7, 11) is 1.52. The standard InChI is InChI=1S/C10H11IN2O4/c1-6(10(14)15)12(2)8-4-3-7(11)5-9(8)13(16)17/h3-6H,1-2H3,(H,14,15). The number of carboxylic acids is 1. The molecule has 92 valence electrons. The molecular formula is C10H11IN2O4. The van der Waals surface area contributed by atoms with Crippen molar-refractivity contribution in [3.63, 3.8) is 0 Å². The molecular weight excluding hydrogens is 339 g/mol. The maximum atomic E-state index is 10.9. The van der Waals surface area contributed by atoms with Gasteiger partial charge >= 0.3 is 5.97 Å². The van der Waals surface area contributed by atoms with E-state index in [9.17, 15) is 14.9 Å². The summed E-state index contributed by atoms with van der Waals surface area (Å²) in [6.45, 7) is 1.48. The lowest BCUT2D eigenvalue weighted by molar-refractivity contribution is -0.384. The number of anilines is 1. The number of carbonyl (C=O) groups is 1. The summed E-state index contributed by atoms with van der Waals surface area (Å²) < 4.78 is 0.731. The highest BCUT2D eigenvalue weighted by Gasteiger charge is 2.24. The number of hydrogen-bond donors (Lipinski definition) is 1. The Morgan fingerprint density at radius 2 is 2.18 bits per heavy atom. The summed E-state index contributed by atoms with van der Waals surface area (Å²) in [6.07, 6.45) is 0. The van der Waals surface area contributed by atoms with Gasteiger partial charge in [-0.3, -0.25) is 10.1 Å².